The fourth-order valence-corrected chi connectivity index (χ4v) is 3.21. The number of rotatable bonds is 3. The van der Waals surface area contributed by atoms with Crippen molar-refractivity contribution in [2.24, 2.45) is 11.8 Å². The third-order valence-electron chi connectivity index (χ3n) is 4.55. The minimum atomic E-state index is -1.02. The van der Waals surface area contributed by atoms with E-state index in [4.69, 9.17) is 0 Å². The van der Waals surface area contributed by atoms with Gasteiger partial charge in [0.05, 0.1) is 32.1 Å². The van der Waals surface area contributed by atoms with Gasteiger partial charge in [-0.3, -0.25) is 14.2 Å². The predicted molar refractivity (Wildman–Crippen MR) is 86.1 cm³/mol. The van der Waals surface area contributed by atoms with Crippen molar-refractivity contribution in [3.05, 3.63) is 0 Å². The number of nitriles is 1. The summed E-state index contributed by atoms with van der Waals surface area (Å²) in [6.45, 7) is 3.66. The molecule has 2 atom stereocenters. The third-order valence-corrected chi connectivity index (χ3v) is 4.55. The maximum atomic E-state index is 12.3. The monoisotopic (exact) mass is 334 g/mol. The molecular formula is C16H24N5O3+. The van der Waals surface area contributed by atoms with Crippen LogP contribution in [0.2, 0.25) is 0 Å². The molecule has 2 fully saturated rings. The molecule has 0 spiro atoms. The number of amidine groups is 1. The second kappa shape index (κ2) is 7.43. The number of hydrogen-bond donors (Lipinski definition) is 1. The molecular weight excluding hydrogens is 310 g/mol. The molecule has 24 heavy (non-hydrogen) atoms. The maximum absolute atomic E-state index is 12.3. The summed E-state index contributed by atoms with van der Waals surface area (Å²) in [5.41, 5.74) is 0. The zero-order chi connectivity index (χ0) is 17.9. The first-order valence-electron chi connectivity index (χ1n) is 8.26. The lowest BCUT2D eigenvalue weighted by molar-refractivity contribution is -0.548. The first kappa shape index (κ1) is 17.9. The van der Waals surface area contributed by atoms with E-state index >= 15 is 0 Å². The number of carbonyl (C=O) groups excluding carboxylic acids is 3. The fraction of sp³-hybridized carbons (Fsp3) is 0.688. The molecule has 0 aromatic rings. The Morgan fingerprint density at radius 3 is 2.71 bits per heavy atom. The minimum Gasteiger partial charge on any atom is -0.356 e. The summed E-state index contributed by atoms with van der Waals surface area (Å²) in [5.74, 6) is -1.36. The molecule has 8 heteroatoms. The van der Waals surface area contributed by atoms with Gasteiger partial charge in [0.1, 0.15) is 0 Å². The molecule has 0 aliphatic carbocycles. The number of amides is 4. The molecule has 2 aliphatic heterocycles. The molecule has 0 bridgehead atoms. The van der Waals surface area contributed by atoms with Gasteiger partial charge in [-0.15, -0.1) is 0 Å². The Balaban J connectivity index is 2.30. The van der Waals surface area contributed by atoms with E-state index in [0.29, 0.717) is 25.5 Å². The summed E-state index contributed by atoms with van der Waals surface area (Å²) in [7, 11) is 2.94. The number of nitrogens with zero attached hydrogens (tertiary/aromatic N) is 4. The summed E-state index contributed by atoms with van der Waals surface area (Å²) in [5, 5.41) is 12.3. The Bertz CT molecular complexity index is 622. The van der Waals surface area contributed by atoms with Gasteiger partial charge in [-0.05, 0) is 19.3 Å². The topological polar surface area (TPSA) is 96.5 Å². The van der Waals surface area contributed by atoms with E-state index in [2.05, 4.69) is 5.32 Å². The van der Waals surface area contributed by atoms with Crippen molar-refractivity contribution in [1.82, 2.24) is 15.1 Å². The maximum Gasteiger partial charge on any atom is 0.417 e. The molecule has 8 nitrogen and oxygen atoms in total. The number of urea groups is 1. The molecule has 130 valence electrons. The van der Waals surface area contributed by atoms with Gasteiger partial charge in [0, 0.05) is 13.6 Å². The van der Waals surface area contributed by atoms with Crippen LogP contribution in [-0.2, 0) is 9.59 Å². The lowest BCUT2D eigenvalue weighted by atomic mass is 9.96. The number of piperidine rings is 1. The Morgan fingerprint density at radius 2 is 2.08 bits per heavy atom. The molecule has 2 saturated heterocycles. The van der Waals surface area contributed by atoms with E-state index in [0.717, 1.165) is 24.2 Å². The number of hydrogen-bond acceptors (Lipinski definition) is 4. The van der Waals surface area contributed by atoms with E-state index < -0.39 is 17.9 Å². The van der Waals surface area contributed by atoms with Crippen molar-refractivity contribution in [2.45, 2.75) is 26.2 Å². The molecule has 0 aromatic carbocycles. The van der Waals surface area contributed by atoms with Gasteiger partial charge in [0.25, 0.3) is 11.7 Å². The van der Waals surface area contributed by atoms with Crippen LogP contribution < -0.4 is 5.32 Å². The van der Waals surface area contributed by atoms with Crippen LogP contribution in [0, 0.1) is 23.2 Å². The molecule has 2 aliphatic rings. The first-order chi connectivity index (χ1) is 11.4. The van der Waals surface area contributed by atoms with Gasteiger partial charge in [0.15, 0.2) is 0 Å². The Labute approximate surface area is 141 Å². The van der Waals surface area contributed by atoms with Crippen molar-refractivity contribution in [3.8, 4) is 6.07 Å². The molecule has 2 unspecified atom stereocenters. The van der Waals surface area contributed by atoms with Crippen LogP contribution >= 0.6 is 0 Å². The van der Waals surface area contributed by atoms with Crippen LogP contribution in [0.1, 0.15) is 26.2 Å². The third kappa shape index (κ3) is 3.25. The molecule has 2 rings (SSSR count). The Kier molecular flexibility index (Phi) is 5.54. The Morgan fingerprint density at radius 1 is 1.38 bits per heavy atom. The Hall–Kier alpha value is -2.43. The lowest BCUT2D eigenvalue weighted by Gasteiger charge is -2.31. The zero-order valence-corrected chi connectivity index (χ0v) is 14.4. The zero-order valence-electron chi connectivity index (χ0n) is 14.4. The highest BCUT2D eigenvalue weighted by atomic mass is 16.2. The highest BCUT2D eigenvalue weighted by molar-refractivity contribution is 6.17. The van der Waals surface area contributed by atoms with Crippen molar-refractivity contribution in [3.63, 3.8) is 0 Å². The van der Waals surface area contributed by atoms with E-state index in [1.54, 1.807) is 7.05 Å². The smallest absolute Gasteiger partial charge is 0.356 e. The number of carbonyl (C=O) groups is 3. The highest BCUT2D eigenvalue weighted by Crippen LogP contribution is 2.20. The molecule has 0 aromatic heterocycles. The second-order valence-electron chi connectivity index (χ2n) is 6.24. The van der Waals surface area contributed by atoms with Crippen LogP contribution in [0.3, 0.4) is 0 Å². The van der Waals surface area contributed by atoms with E-state index in [9.17, 15) is 19.6 Å². The van der Waals surface area contributed by atoms with E-state index in [1.165, 1.54) is 11.9 Å². The second-order valence-corrected chi connectivity index (χ2v) is 6.24. The number of nitrogens with one attached hydrogen (secondary N) is 1. The first-order valence-corrected chi connectivity index (χ1v) is 8.26. The SMILES string of the molecule is CCCNC(=O)C1CCC[N+](=C2C(C#N)C(=O)N(C)C(=O)N2C)C1. The van der Waals surface area contributed by atoms with Crippen LogP contribution in [0.4, 0.5) is 4.79 Å². The minimum absolute atomic E-state index is 0.0103. The molecule has 2 heterocycles. The van der Waals surface area contributed by atoms with Crippen LogP contribution in [0.25, 0.3) is 0 Å². The van der Waals surface area contributed by atoms with Gasteiger partial charge >= 0.3 is 6.03 Å². The van der Waals surface area contributed by atoms with Gasteiger partial charge < -0.3 is 5.32 Å². The van der Waals surface area contributed by atoms with Crippen molar-refractivity contribution >= 4 is 23.7 Å². The van der Waals surface area contributed by atoms with Crippen LogP contribution in [-0.4, -0.2) is 71.8 Å². The summed E-state index contributed by atoms with van der Waals surface area (Å²) in [6.07, 6.45) is 2.41. The molecule has 0 radical (unpaired) electrons. The summed E-state index contributed by atoms with van der Waals surface area (Å²) in [6, 6.07) is 1.54. The standard InChI is InChI=1S/C16H23N5O3/c1-4-7-18-13(22)11-6-5-8-21(10-11)14-12(9-17)15(23)20(3)16(24)19(14)2/h11-12H,4-8,10H2,1-3H3/p+1. The van der Waals surface area contributed by atoms with Crippen molar-refractivity contribution in [1.29, 1.82) is 5.26 Å². The van der Waals surface area contributed by atoms with E-state index in [-0.39, 0.29) is 11.8 Å². The molecule has 0 saturated carbocycles. The van der Waals surface area contributed by atoms with Gasteiger partial charge in [-0.25, -0.2) is 9.69 Å². The average Bonchev–Trinajstić information content (AvgIpc) is 2.60. The largest absolute Gasteiger partial charge is 0.417 e. The molecule has 4 amide bonds. The lowest BCUT2D eigenvalue weighted by Crippen LogP contribution is -2.60. The quantitative estimate of drug-likeness (QED) is 0.735. The van der Waals surface area contributed by atoms with Crippen molar-refractivity contribution in [2.75, 3.05) is 33.7 Å². The average molecular weight is 334 g/mol. The van der Waals surface area contributed by atoms with Crippen molar-refractivity contribution < 1.29 is 19.0 Å². The molecule has 1 N–H and O–H groups in total. The van der Waals surface area contributed by atoms with Gasteiger partial charge in [0.2, 0.25) is 11.8 Å². The fourth-order valence-electron chi connectivity index (χ4n) is 3.21. The van der Waals surface area contributed by atoms with Gasteiger partial charge in [-0.1, -0.05) is 6.92 Å². The normalized spacial score (nSPS) is 27.9. The highest BCUT2D eigenvalue weighted by Gasteiger charge is 2.49. The van der Waals surface area contributed by atoms with E-state index in [1.807, 2.05) is 17.6 Å². The number of imide groups is 1. The van der Waals surface area contributed by atoms with Crippen LogP contribution in [0.15, 0.2) is 0 Å². The summed E-state index contributed by atoms with van der Waals surface area (Å²) < 4.78 is 1.84. The summed E-state index contributed by atoms with van der Waals surface area (Å²) in [4.78, 5) is 39.0. The van der Waals surface area contributed by atoms with Gasteiger partial charge in [-0.2, -0.15) is 10.2 Å². The summed E-state index contributed by atoms with van der Waals surface area (Å²) >= 11 is 0. The van der Waals surface area contributed by atoms with Crippen LogP contribution in [0.5, 0.6) is 0 Å². The predicted octanol–water partition coefficient (Wildman–Crippen LogP) is -0.00282.